The number of amides is 2. The van der Waals surface area contributed by atoms with Crippen molar-refractivity contribution in [2.75, 3.05) is 5.32 Å². The van der Waals surface area contributed by atoms with Gasteiger partial charge in [-0.15, -0.1) is 0 Å². The molecule has 4 heteroatoms. The molecular formula is C14H12N2O2. The fourth-order valence-electron chi connectivity index (χ4n) is 2.11. The second kappa shape index (κ2) is 4.07. The van der Waals surface area contributed by atoms with Crippen LogP contribution in [-0.4, -0.2) is 6.03 Å². The van der Waals surface area contributed by atoms with E-state index in [2.05, 4.69) is 5.32 Å². The number of carbonyl (C=O) groups is 1. The number of fused-ring (bicyclic) bond motifs is 2. The number of nitrogens with two attached hydrogens (primary N) is 1. The van der Waals surface area contributed by atoms with Crippen molar-refractivity contribution in [1.29, 1.82) is 0 Å². The molecule has 4 nitrogen and oxygen atoms in total. The third-order valence-electron chi connectivity index (χ3n) is 2.90. The molecular weight excluding hydrogens is 228 g/mol. The molecule has 0 aromatic heterocycles. The molecule has 0 radical (unpaired) electrons. The van der Waals surface area contributed by atoms with Crippen molar-refractivity contribution in [1.82, 2.24) is 0 Å². The minimum Gasteiger partial charge on any atom is -0.457 e. The van der Waals surface area contributed by atoms with E-state index in [4.69, 9.17) is 10.5 Å². The third kappa shape index (κ3) is 1.88. The van der Waals surface area contributed by atoms with Crippen molar-refractivity contribution in [3.63, 3.8) is 0 Å². The molecule has 0 saturated carbocycles. The van der Waals surface area contributed by atoms with Gasteiger partial charge < -0.3 is 15.8 Å². The lowest BCUT2D eigenvalue weighted by Gasteiger charge is -2.20. The van der Waals surface area contributed by atoms with E-state index in [1.807, 2.05) is 36.4 Å². The molecule has 2 amide bonds. The predicted molar refractivity (Wildman–Crippen MR) is 69.0 cm³/mol. The summed E-state index contributed by atoms with van der Waals surface area (Å²) in [7, 11) is 0. The molecule has 90 valence electrons. The Kier molecular flexibility index (Phi) is 2.41. The van der Waals surface area contributed by atoms with Crippen LogP contribution in [0.3, 0.4) is 0 Å². The average Bonchev–Trinajstić information content (AvgIpc) is 2.35. The first kappa shape index (κ1) is 10.7. The van der Waals surface area contributed by atoms with Crippen LogP contribution in [0.25, 0.3) is 0 Å². The summed E-state index contributed by atoms with van der Waals surface area (Å²) in [6.45, 7) is 0. The summed E-state index contributed by atoms with van der Waals surface area (Å²) in [4.78, 5) is 10.8. The number of hydrogen-bond acceptors (Lipinski definition) is 2. The molecule has 18 heavy (non-hydrogen) atoms. The molecule has 1 heterocycles. The first-order valence-electron chi connectivity index (χ1n) is 5.67. The zero-order valence-electron chi connectivity index (χ0n) is 9.64. The maximum absolute atomic E-state index is 10.8. The smallest absolute Gasteiger partial charge is 0.316 e. The van der Waals surface area contributed by atoms with Crippen LogP contribution in [0, 0.1) is 0 Å². The largest absolute Gasteiger partial charge is 0.457 e. The van der Waals surface area contributed by atoms with Gasteiger partial charge in [0.2, 0.25) is 0 Å². The number of para-hydroxylation sites is 1. The number of nitrogens with one attached hydrogen (secondary N) is 1. The SMILES string of the molecule is NC(=O)Nc1ccc2c(c1)Cc1ccccc1O2. The van der Waals surface area contributed by atoms with Gasteiger partial charge in [0.05, 0.1) is 0 Å². The number of hydrogen-bond donors (Lipinski definition) is 2. The molecule has 3 rings (SSSR count). The van der Waals surface area contributed by atoms with Crippen LogP contribution in [0.4, 0.5) is 10.5 Å². The Labute approximate surface area is 104 Å². The van der Waals surface area contributed by atoms with Gasteiger partial charge >= 0.3 is 6.03 Å². The molecule has 2 aromatic rings. The van der Waals surface area contributed by atoms with Crippen LogP contribution in [0.15, 0.2) is 42.5 Å². The molecule has 0 atom stereocenters. The maximum atomic E-state index is 10.8. The molecule has 3 N–H and O–H groups in total. The van der Waals surface area contributed by atoms with Gasteiger partial charge in [-0.3, -0.25) is 0 Å². The monoisotopic (exact) mass is 240 g/mol. The Morgan fingerprint density at radius 1 is 1.11 bits per heavy atom. The second-order valence-corrected chi connectivity index (χ2v) is 4.20. The van der Waals surface area contributed by atoms with Crippen molar-refractivity contribution in [2.24, 2.45) is 5.73 Å². The van der Waals surface area contributed by atoms with Crippen molar-refractivity contribution >= 4 is 11.7 Å². The Bertz CT molecular complexity index is 623. The minimum atomic E-state index is -0.563. The van der Waals surface area contributed by atoms with E-state index in [1.54, 1.807) is 6.07 Å². The van der Waals surface area contributed by atoms with E-state index in [0.717, 1.165) is 29.0 Å². The topological polar surface area (TPSA) is 64.4 Å². The van der Waals surface area contributed by atoms with E-state index in [9.17, 15) is 4.79 Å². The number of rotatable bonds is 1. The first-order chi connectivity index (χ1) is 8.72. The molecule has 0 aliphatic carbocycles. The van der Waals surface area contributed by atoms with Gasteiger partial charge in [-0.2, -0.15) is 0 Å². The van der Waals surface area contributed by atoms with Gasteiger partial charge in [0.25, 0.3) is 0 Å². The molecule has 0 unspecified atom stereocenters. The van der Waals surface area contributed by atoms with E-state index in [0.29, 0.717) is 5.69 Å². The van der Waals surface area contributed by atoms with Gasteiger partial charge in [0.1, 0.15) is 11.5 Å². The fourth-order valence-corrected chi connectivity index (χ4v) is 2.11. The van der Waals surface area contributed by atoms with Crippen LogP contribution in [-0.2, 0) is 6.42 Å². The van der Waals surface area contributed by atoms with Crippen LogP contribution in [0.5, 0.6) is 11.5 Å². The minimum absolute atomic E-state index is 0.563. The Hall–Kier alpha value is -2.49. The first-order valence-corrected chi connectivity index (χ1v) is 5.67. The highest BCUT2D eigenvalue weighted by Crippen LogP contribution is 2.37. The number of ether oxygens (including phenoxy) is 1. The number of urea groups is 1. The van der Waals surface area contributed by atoms with Gasteiger partial charge in [-0.25, -0.2) is 4.79 Å². The van der Waals surface area contributed by atoms with Gasteiger partial charge in [0.15, 0.2) is 0 Å². The zero-order valence-corrected chi connectivity index (χ0v) is 9.64. The second-order valence-electron chi connectivity index (χ2n) is 4.20. The van der Waals surface area contributed by atoms with Gasteiger partial charge in [-0.1, -0.05) is 18.2 Å². The summed E-state index contributed by atoms with van der Waals surface area (Å²) in [5, 5.41) is 2.56. The fraction of sp³-hybridized carbons (Fsp3) is 0.0714. The molecule has 0 saturated heterocycles. The van der Waals surface area contributed by atoms with E-state index < -0.39 is 6.03 Å². The number of benzene rings is 2. The molecule has 0 spiro atoms. The maximum Gasteiger partial charge on any atom is 0.316 e. The summed E-state index contributed by atoms with van der Waals surface area (Å²) < 4.78 is 5.79. The Balaban J connectivity index is 1.96. The standard InChI is InChI=1S/C14H12N2O2/c15-14(17)16-11-5-6-13-10(8-11)7-9-3-1-2-4-12(9)18-13/h1-6,8H,7H2,(H3,15,16,17). The van der Waals surface area contributed by atoms with Crippen molar-refractivity contribution in [3.05, 3.63) is 53.6 Å². The van der Waals surface area contributed by atoms with Gasteiger partial charge in [-0.05, 0) is 29.8 Å². The average molecular weight is 240 g/mol. The highest BCUT2D eigenvalue weighted by molar-refractivity contribution is 5.88. The summed E-state index contributed by atoms with van der Waals surface area (Å²) in [6.07, 6.45) is 0.791. The summed E-state index contributed by atoms with van der Waals surface area (Å²) >= 11 is 0. The lowest BCUT2D eigenvalue weighted by Crippen LogP contribution is -2.19. The molecule has 2 aromatic carbocycles. The van der Waals surface area contributed by atoms with E-state index in [1.165, 1.54) is 0 Å². The predicted octanol–water partition coefficient (Wildman–Crippen LogP) is 2.87. The zero-order chi connectivity index (χ0) is 12.5. The highest BCUT2D eigenvalue weighted by atomic mass is 16.5. The lowest BCUT2D eigenvalue weighted by molar-refractivity contribution is 0.259. The summed E-state index contributed by atoms with van der Waals surface area (Å²) in [5.41, 5.74) is 7.96. The third-order valence-corrected chi connectivity index (χ3v) is 2.90. The van der Waals surface area contributed by atoms with Crippen LogP contribution in [0.2, 0.25) is 0 Å². The summed E-state index contributed by atoms with van der Waals surface area (Å²) in [6, 6.07) is 12.9. The summed E-state index contributed by atoms with van der Waals surface area (Å²) in [5.74, 6) is 1.71. The van der Waals surface area contributed by atoms with Crippen molar-refractivity contribution in [2.45, 2.75) is 6.42 Å². The Morgan fingerprint density at radius 3 is 2.72 bits per heavy atom. The number of anilines is 1. The van der Waals surface area contributed by atoms with Crippen LogP contribution in [0.1, 0.15) is 11.1 Å². The Morgan fingerprint density at radius 2 is 1.89 bits per heavy atom. The highest BCUT2D eigenvalue weighted by Gasteiger charge is 2.16. The lowest BCUT2D eigenvalue weighted by atomic mass is 10.00. The number of carbonyl (C=O) groups excluding carboxylic acids is 1. The molecule has 0 bridgehead atoms. The van der Waals surface area contributed by atoms with Crippen molar-refractivity contribution in [3.8, 4) is 11.5 Å². The van der Waals surface area contributed by atoms with E-state index >= 15 is 0 Å². The molecule has 1 aliphatic rings. The molecule has 0 fully saturated rings. The number of primary amides is 1. The van der Waals surface area contributed by atoms with E-state index in [-0.39, 0.29) is 0 Å². The van der Waals surface area contributed by atoms with Crippen LogP contribution < -0.4 is 15.8 Å². The van der Waals surface area contributed by atoms with Crippen LogP contribution >= 0.6 is 0 Å². The quantitative estimate of drug-likeness (QED) is 0.687. The van der Waals surface area contributed by atoms with Gasteiger partial charge in [0, 0.05) is 17.7 Å². The molecule has 1 aliphatic heterocycles. The van der Waals surface area contributed by atoms with Crippen molar-refractivity contribution < 1.29 is 9.53 Å². The normalized spacial score (nSPS) is 12.0.